The van der Waals surface area contributed by atoms with Gasteiger partial charge >= 0.3 is 0 Å². The van der Waals surface area contributed by atoms with Crippen LogP contribution >= 0.6 is 0 Å². The number of hydrogen-bond acceptors (Lipinski definition) is 3. The van der Waals surface area contributed by atoms with Crippen molar-refractivity contribution in [3.8, 4) is 11.5 Å². The lowest BCUT2D eigenvalue weighted by molar-refractivity contribution is 0.287. The Bertz CT molecular complexity index is 716. The van der Waals surface area contributed by atoms with E-state index in [1.807, 2.05) is 0 Å². The van der Waals surface area contributed by atoms with E-state index in [1.54, 1.807) is 0 Å². The summed E-state index contributed by atoms with van der Waals surface area (Å²) in [6, 6.07) is 16.9. The number of rotatable bonds is 20. The van der Waals surface area contributed by atoms with E-state index in [0.717, 1.165) is 50.6 Å². The van der Waals surface area contributed by atoms with Crippen LogP contribution in [0.3, 0.4) is 0 Å². The maximum Gasteiger partial charge on any atom is 0.127 e. The molecule has 0 aliphatic carbocycles. The summed E-state index contributed by atoms with van der Waals surface area (Å²) in [5.74, 6) is 1.89. The van der Waals surface area contributed by atoms with Crippen LogP contribution in [-0.2, 0) is 13.1 Å². The van der Waals surface area contributed by atoms with Crippen molar-refractivity contribution in [1.82, 2.24) is 5.32 Å². The molecule has 0 radical (unpaired) electrons. The fraction of sp³-hybridized carbons (Fsp3) is 0.600. The summed E-state index contributed by atoms with van der Waals surface area (Å²) < 4.78 is 12.3. The predicted octanol–water partition coefficient (Wildman–Crippen LogP) is 8.46. The molecule has 1 N–H and O–H groups in total. The van der Waals surface area contributed by atoms with Gasteiger partial charge in [0.05, 0.1) is 13.2 Å². The largest absolute Gasteiger partial charge is 0.493 e. The van der Waals surface area contributed by atoms with Gasteiger partial charge in [0.15, 0.2) is 0 Å². The zero-order valence-electron chi connectivity index (χ0n) is 21.2. The van der Waals surface area contributed by atoms with Gasteiger partial charge in [0.1, 0.15) is 11.5 Å². The fourth-order valence-corrected chi connectivity index (χ4v) is 3.98. The Balaban J connectivity index is 1.82. The number of ether oxygens (including phenoxy) is 2. The van der Waals surface area contributed by atoms with E-state index in [2.05, 4.69) is 67.7 Å². The van der Waals surface area contributed by atoms with E-state index < -0.39 is 0 Å². The van der Waals surface area contributed by atoms with E-state index in [4.69, 9.17) is 9.47 Å². The average molecular weight is 454 g/mol. The lowest BCUT2D eigenvalue weighted by Gasteiger charge is -2.15. The van der Waals surface area contributed by atoms with Gasteiger partial charge in [0.25, 0.3) is 0 Å². The average Bonchev–Trinajstić information content (AvgIpc) is 2.84. The molecule has 184 valence electrons. The molecule has 0 aliphatic heterocycles. The zero-order valence-corrected chi connectivity index (χ0v) is 21.2. The molecular weight excluding hydrogens is 406 g/mol. The first kappa shape index (κ1) is 27.2. The van der Waals surface area contributed by atoms with E-state index in [-0.39, 0.29) is 0 Å². The number of unbranched alkanes of at least 4 members (excludes halogenated alkanes) is 10. The van der Waals surface area contributed by atoms with Crippen molar-refractivity contribution in [2.24, 2.45) is 0 Å². The van der Waals surface area contributed by atoms with Gasteiger partial charge in [0.2, 0.25) is 0 Å². The van der Waals surface area contributed by atoms with Crippen molar-refractivity contribution in [2.45, 2.75) is 104 Å². The van der Waals surface area contributed by atoms with Gasteiger partial charge in [-0.2, -0.15) is 0 Å². The van der Waals surface area contributed by atoms with Crippen molar-refractivity contribution in [1.29, 1.82) is 0 Å². The third-order valence-electron chi connectivity index (χ3n) is 6.05. The molecule has 0 saturated heterocycles. The minimum absolute atomic E-state index is 0.776. The normalized spacial score (nSPS) is 11.0. The van der Waals surface area contributed by atoms with E-state index in [9.17, 15) is 0 Å². The van der Waals surface area contributed by atoms with Crippen molar-refractivity contribution >= 4 is 0 Å². The minimum Gasteiger partial charge on any atom is -0.493 e. The smallest absolute Gasteiger partial charge is 0.127 e. The highest BCUT2D eigenvalue weighted by atomic mass is 16.5. The van der Waals surface area contributed by atoms with Gasteiger partial charge in [-0.25, -0.2) is 0 Å². The van der Waals surface area contributed by atoms with Crippen molar-refractivity contribution < 1.29 is 9.47 Å². The van der Waals surface area contributed by atoms with Crippen LogP contribution in [0.5, 0.6) is 11.5 Å². The molecule has 0 fully saturated rings. The first-order valence-electron chi connectivity index (χ1n) is 13.5. The van der Waals surface area contributed by atoms with Crippen LogP contribution in [0.1, 0.15) is 102 Å². The SMILES string of the molecule is CCCCCCCCOc1ccc(CNCc2ccccc2)c(OCCCCCCCC)c1. The van der Waals surface area contributed by atoms with E-state index in [0.29, 0.717) is 0 Å². The van der Waals surface area contributed by atoms with Gasteiger partial charge in [-0.3, -0.25) is 0 Å². The zero-order chi connectivity index (χ0) is 23.4. The Labute approximate surface area is 203 Å². The maximum atomic E-state index is 6.24. The second kappa shape index (κ2) is 18.4. The molecule has 0 spiro atoms. The summed E-state index contributed by atoms with van der Waals surface area (Å²) in [5.41, 5.74) is 2.50. The van der Waals surface area contributed by atoms with Gasteiger partial charge in [-0.1, -0.05) is 114 Å². The monoisotopic (exact) mass is 453 g/mol. The Morgan fingerprint density at radius 3 is 1.88 bits per heavy atom. The second-order valence-electron chi connectivity index (χ2n) is 9.09. The first-order chi connectivity index (χ1) is 16.3. The molecule has 0 aromatic heterocycles. The molecule has 3 nitrogen and oxygen atoms in total. The number of hydrogen-bond donors (Lipinski definition) is 1. The maximum absolute atomic E-state index is 6.24. The molecule has 2 aromatic rings. The molecule has 0 bridgehead atoms. The van der Waals surface area contributed by atoms with Crippen LogP contribution in [0, 0.1) is 0 Å². The van der Waals surface area contributed by atoms with Crippen molar-refractivity contribution in [2.75, 3.05) is 13.2 Å². The number of benzene rings is 2. The second-order valence-corrected chi connectivity index (χ2v) is 9.09. The van der Waals surface area contributed by atoms with Crippen LogP contribution in [-0.4, -0.2) is 13.2 Å². The van der Waals surface area contributed by atoms with E-state index >= 15 is 0 Å². The van der Waals surface area contributed by atoms with Crippen molar-refractivity contribution in [3.05, 3.63) is 59.7 Å². The van der Waals surface area contributed by atoms with Crippen LogP contribution in [0.4, 0.5) is 0 Å². The Morgan fingerprint density at radius 2 is 1.21 bits per heavy atom. The minimum atomic E-state index is 0.776. The summed E-state index contributed by atoms with van der Waals surface area (Å²) in [6.07, 6.45) is 15.3. The Morgan fingerprint density at radius 1 is 0.606 bits per heavy atom. The molecule has 2 rings (SSSR count). The molecule has 0 amide bonds. The summed E-state index contributed by atoms with van der Waals surface area (Å²) in [5, 5.41) is 3.56. The Kier molecular flexibility index (Phi) is 15.2. The van der Waals surface area contributed by atoms with Crippen LogP contribution in [0.25, 0.3) is 0 Å². The van der Waals surface area contributed by atoms with Crippen LogP contribution in [0.2, 0.25) is 0 Å². The summed E-state index contributed by atoms with van der Waals surface area (Å²) >= 11 is 0. The third-order valence-corrected chi connectivity index (χ3v) is 6.05. The third kappa shape index (κ3) is 12.7. The highest BCUT2D eigenvalue weighted by Crippen LogP contribution is 2.26. The van der Waals surface area contributed by atoms with Gasteiger partial charge in [0, 0.05) is 24.7 Å². The lowest BCUT2D eigenvalue weighted by Crippen LogP contribution is -2.14. The van der Waals surface area contributed by atoms with Crippen LogP contribution < -0.4 is 14.8 Å². The standard InChI is InChI=1S/C30H47NO2/c1-3-5-7-9-11-16-22-32-29-21-20-28(26-31-25-27-18-14-13-15-19-27)30(24-29)33-23-17-12-10-8-6-4-2/h13-15,18-21,24,31H,3-12,16-17,22-23,25-26H2,1-2H3. The van der Waals surface area contributed by atoms with Gasteiger partial charge < -0.3 is 14.8 Å². The predicted molar refractivity (Wildman–Crippen MR) is 141 cm³/mol. The highest BCUT2D eigenvalue weighted by Gasteiger charge is 2.07. The van der Waals surface area contributed by atoms with Gasteiger partial charge in [-0.15, -0.1) is 0 Å². The van der Waals surface area contributed by atoms with Crippen LogP contribution in [0.15, 0.2) is 48.5 Å². The lowest BCUT2D eigenvalue weighted by atomic mass is 10.1. The number of nitrogens with one attached hydrogen (secondary N) is 1. The molecule has 0 heterocycles. The molecule has 3 heteroatoms. The van der Waals surface area contributed by atoms with Crippen molar-refractivity contribution in [3.63, 3.8) is 0 Å². The summed E-state index contributed by atoms with van der Waals surface area (Å²) in [7, 11) is 0. The molecule has 0 aliphatic rings. The molecule has 0 unspecified atom stereocenters. The van der Waals surface area contributed by atoms with Gasteiger partial charge in [-0.05, 0) is 24.5 Å². The Hall–Kier alpha value is -2.00. The first-order valence-corrected chi connectivity index (χ1v) is 13.5. The fourth-order valence-electron chi connectivity index (χ4n) is 3.98. The summed E-state index contributed by atoms with van der Waals surface area (Å²) in [6.45, 7) is 7.73. The molecular formula is C30H47NO2. The molecule has 33 heavy (non-hydrogen) atoms. The van der Waals surface area contributed by atoms with E-state index in [1.165, 1.54) is 75.3 Å². The molecule has 0 atom stereocenters. The molecule has 0 saturated carbocycles. The molecule has 2 aromatic carbocycles. The summed E-state index contributed by atoms with van der Waals surface area (Å²) in [4.78, 5) is 0. The quantitative estimate of drug-likeness (QED) is 0.204. The topological polar surface area (TPSA) is 30.5 Å². The highest BCUT2D eigenvalue weighted by molar-refractivity contribution is 5.40.